The minimum atomic E-state index is -0.540. The number of hydrogen-bond acceptors (Lipinski definition) is 5. The molecule has 0 aliphatic rings. The smallest absolute Gasteiger partial charge is 0.276 e. The topological polar surface area (TPSA) is 120 Å². The van der Waals surface area contributed by atoms with Crippen molar-refractivity contribution in [2.75, 3.05) is 13.2 Å². The van der Waals surface area contributed by atoms with Crippen molar-refractivity contribution in [3.05, 3.63) is 65.2 Å². The molecule has 0 unspecified atom stereocenters. The Kier molecular flexibility index (Phi) is 7.54. The van der Waals surface area contributed by atoms with E-state index < -0.39 is 11.8 Å². The molecular weight excluding hydrogens is 360 g/mol. The second-order valence-corrected chi connectivity index (χ2v) is 5.84. The number of ether oxygens (including phenoxy) is 1. The summed E-state index contributed by atoms with van der Waals surface area (Å²) in [5.74, 6) is -0.816. The minimum absolute atomic E-state index is 0.00831. The molecule has 28 heavy (non-hydrogen) atoms. The third kappa shape index (κ3) is 6.46. The SMILES string of the molecule is Cc1ccccc1C(=O)NCCC(=O)NNC(=O)COc1ccc(C#N)cc1. The van der Waals surface area contributed by atoms with E-state index in [1.807, 2.05) is 25.1 Å². The van der Waals surface area contributed by atoms with Gasteiger partial charge in [0, 0.05) is 18.5 Å². The minimum Gasteiger partial charge on any atom is -0.484 e. The summed E-state index contributed by atoms with van der Waals surface area (Å²) < 4.78 is 5.24. The molecule has 0 aliphatic carbocycles. The first-order chi connectivity index (χ1) is 13.5. The lowest BCUT2D eigenvalue weighted by Crippen LogP contribution is -2.44. The summed E-state index contributed by atoms with van der Waals surface area (Å²) >= 11 is 0. The molecule has 0 aliphatic heterocycles. The zero-order valence-electron chi connectivity index (χ0n) is 15.3. The van der Waals surface area contributed by atoms with Crippen LogP contribution in [0.15, 0.2) is 48.5 Å². The molecular formula is C20H20N4O4. The van der Waals surface area contributed by atoms with Crippen LogP contribution in [-0.2, 0) is 9.59 Å². The van der Waals surface area contributed by atoms with Gasteiger partial charge in [-0.15, -0.1) is 0 Å². The summed E-state index contributed by atoms with van der Waals surface area (Å²) in [4.78, 5) is 35.4. The molecule has 2 aromatic rings. The summed E-state index contributed by atoms with van der Waals surface area (Å²) in [5, 5.41) is 11.4. The Morgan fingerprint density at radius 3 is 2.36 bits per heavy atom. The highest BCUT2D eigenvalue weighted by Crippen LogP contribution is 2.11. The van der Waals surface area contributed by atoms with Crippen LogP contribution in [0.25, 0.3) is 0 Å². The quantitative estimate of drug-likeness (QED) is 0.624. The first-order valence-electron chi connectivity index (χ1n) is 8.54. The number of carbonyl (C=O) groups excluding carboxylic acids is 3. The lowest BCUT2D eigenvalue weighted by molar-refractivity contribution is -0.129. The number of hydrazine groups is 1. The van der Waals surface area contributed by atoms with Crippen LogP contribution in [0.4, 0.5) is 0 Å². The first-order valence-corrected chi connectivity index (χ1v) is 8.54. The van der Waals surface area contributed by atoms with Crippen LogP contribution >= 0.6 is 0 Å². The molecule has 8 heteroatoms. The normalized spacial score (nSPS) is 9.71. The summed E-state index contributed by atoms with van der Waals surface area (Å²) in [6.45, 7) is 1.67. The van der Waals surface area contributed by atoms with Crippen molar-refractivity contribution in [2.45, 2.75) is 13.3 Å². The highest BCUT2D eigenvalue weighted by Gasteiger charge is 2.09. The van der Waals surface area contributed by atoms with E-state index in [4.69, 9.17) is 10.00 Å². The lowest BCUT2D eigenvalue weighted by Gasteiger charge is -2.10. The van der Waals surface area contributed by atoms with E-state index in [9.17, 15) is 14.4 Å². The monoisotopic (exact) mass is 380 g/mol. The molecule has 0 spiro atoms. The van der Waals surface area contributed by atoms with Gasteiger partial charge in [0.25, 0.3) is 11.8 Å². The fourth-order valence-corrected chi connectivity index (χ4v) is 2.23. The number of benzene rings is 2. The number of rotatable bonds is 7. The molecule has 0 atom stereocenters. The van der Waals surface area contributed by atoms with Crippen molar-refractivity contribution >= 4 is 17.7 Å². The number of aryl methyl sites for hydroxylation is 1. The molecule has 0 radical (unpaired) electrons. The number of nitrogens with one attached hydrogen (secondary N) is 3. The molecule has 0 bridgehead atoms. The summed E-state index contributed by atoms with van der Waals surface area (Å²) in [6.07, 6.45) is 0.00831. The summed E-state index contributed by atoms with van der Waals surface area (Å²) in [7, 11) is 0. The first kappa shape index (κ1) is 20.5. The molecule has 2 rings (SSSR count). The Hall–Kier alpha value is -3.86. The van der Waals surface area contributed by atoms with Gasteiger partial charge in [0.2, 0.25) is 5.91 Å². The second kappa shape index (κ2) is 10.3. The zero-order valence-corrected chi connectivity index (χ0v) is 15.3. The number of hydrogen-bond donors (Lipinski definition) is 3. The maximum Gasteiger partial charge on any atom is 0.276 e. The average Bonchev–Trinajstić information content (AvgIpc) is 2.71. The standard InChI is InChI=1S/C20H20N4O4/c1-14-4-2-3-5-17(14)20(27)22-11-10-18(25)23-24-19(26)13-28-16-8-6-15(12-21)7-9-16/h2-9H,10-11,13H2,1H3,(H,22,27)(H,23,25)(H,24,26). The Balaban J connectivity index is 1.63. The van der Waals surface area contributed by atoms with Crippen LogP contribution in [0, 0.1) is 18.3 Å². The Labute approximate surface area is 162 Å². The number of nitriles is 1. The van der Waals surface area contributed by atoms with Gasteiger partial charge in [-0.1, -0.05) is 18.2 Å². The second-order valence-electron chi connectivity index (χ2n) is 5.84. The molecule has 0 heterocycles. The van der Waals surface area contributed by atoms with Crippen molar-refractivity contribution in [2.24, 2.45) is 0 Å². The van der Waals surface area contributed by atoms with Crippen LogP contribution in [0.5, 0.6) is 5.75 Å². The van der Waals surface area contributed by atoms with Gasteiger partial charge in [-0.25, -0.2) is 0 Å². The summed E-state index contributed by atoms with van der Waals surface area (Å²) in [6, 6.07) is 15.4. The van der Waals surface area contributed by atoms with E-state index in [1.54, 1.807) is 36.4 Å². The van der Waals surface area contributed by atoms with Crippen LogP contribution in [-0.4, -0.2) is 30.9 Å². The van der Waals surface area contributed by atoms with Crippen LogP contribution in [0.2, 0.25) is 0 Å². The molecule has 144 valence electrons. The van der Waals surface area contributed by atoms with E-state index in [-0.39, 0.29) is 25.5 Å². The third-order valence-corrected chi connectivity index (χ3v) is 3.72. The Morgan fingerprint density at radius 2 is 1.68 bits per heavy atom. The van der Waals surface area contributed by atoms with Gasteiger partial charge >= 0.3 is 0 Å². The zero-order chi connectivity index (χ0) is 20.4. The van der Waals surface area contributed by atoms with E-state index in [1.165, 1.54) is 0 Å². The molecule has 3 N–H and O–H groups in total. The molecule has 0 saturated heterocycles. The molecule has 0 aromatic heterocycles. The predicted octanol–water partition coefficient (Wildman–Crippen LogP) is 1.21. The molecule has 0 fully saturated rings. The van der Waals surface area contributed by atoms with Gasteiger partial charge in [0.05, 0.1) is 11.6 Å². The fourth-order valence-electron chi connectivity index (χ4n) is 2.23. The van der Waals surface area contributed by atoms with E-state index in [2.05, 4.69) is 16.2 Å². The van der Waals surface area contributed by atoms with Gasteiger partial charge < -0.3 is 10.1 Å². The van der Waals surface area contributed by atoms with Crippen LogP contribution in [0.3, 0.4) is 0 Å². The van der Waals surface area contributed by atoms with E-state index in [0.717, 1.165) is 5.56 Å². The molecule has 2 aromatic carbocycles. The molecule has 0 saturated carbocycles. The van der Waals surface area contributed by atoms with Crippen molar-refractivity contribution in [1.29, 1.82) is 5.26 Å². The lowest BCUT2D eigenvalue weighted by atomic mass is 10.1. The fraction of sp³-hybridized carbons (Fsp3) is 0.200. The Bertz CT molecular complexity index is 888. The molecule has 8 nitrogen and oxygen atoms in total. The number of carbonyl (C=O) groups is 3. The predicted molar refractivity (Wildman–Crippen MR) is 101 cm³/mol. The van der Waals surface area contributed by atoms with Gasteiger partial charge in [-0.2, -0.15) is 5.26 Å². The highest BCUT2D eigenvalue weighted by atomic mass is 16.5. The van der Waals surface area contributed by atoms with E-state index in [0.29, 0.717) is 16.9 Å². The van der Waals surface area contributed by atoms with Gasteiger partial charge in [-0.05, 0) is 42.8 Å². The largest absolute Gasteiger partial charge is 0.484 e. The van der Waals surface area contributed by atoms with Gasteiger partial charge in [-0.3, -0.25) is 25.2 Å². The maximum atomic E-state index is 12.0. The average molecular weight is 380 g/mol. The highest BCUT2D eigenvalue weighted by molar-refractivity contribution is 5.95. The Morgan fingerprint density at radius 1 is 1.00 bits per heavy atom. The summed E-state index contributed by atoms with van der Waals surface area (Å²) in [5.41, 5.74) is 6.36. The number of nitrogens with zero attached hydrogens (tertiary/aromatic N) is 1. The van der Waals surface area contributed by atoms with Gasteiger partial charge in [0.15, 0.2) is 6.61 Å². The maximum absolute atomic E-state index is 12.0. The van der Waals surface area contributed by atoms with Crippen LogP contribution < -0.4 is 20.9 Å². The van der Waals surface area contributed by atoms with Crippen molar-refractivity contribution in [3.63, 3.8) is 0 Å². The van der Waals surface area contributed by atoms with Crippen molar-refractivity contribution in [1.82, 2.24) is 16.2 Å². The van der Waals surface area contributed by atoms with Gasteiger partial charge in [0.1, 0.15) is 5.75 Å². The third-order valence-electron chi connectivity index (χ3n) is 3.72. The van der Waals surface area contributed by atoms with Crippen molar-refractivity contribution in [3.8, 4) is 11.8 Å². The van der Waals surface area contributed by atoms with Crippen molar-refractivity contribution < 1.29 is 19.1 Å². The number of amides is 3. The molecule has 3 amide bonds. The van der Waals surface area contributed by atoms with Crippen LogP contribution in [0.1, 0.15) is 27.9 Å². The van der Waals surface area contributed by atoms with E-state index >= 15 is 0 Å².